The van der Waals surface area contributed by atoms with Crippen molar-refractivity contribution in [2.75, 3.05) is 26.9 Å². The number of hydrogen-bond donors (Lipinski definition) is 0. The molecule has 2 heterocycles. The lowest BCUT2D eigenvalue weighted by atomic mass is 9.97. The van der Waals surface area contributed by atoms with E-state index < -0.39 is 66.6 Å². The van der Waals surface area contributed by atoms with E-state index in [-0.39, 0.29) is 69.4 Å². The van der Waals surface area contributed by atoms with Crippen LogP contribution in [0, 0.1) is 0 Å². The maximum absolute atomic E-state index is 14.7. The van der Waals surface area contributed by atoms with Crippen LogP contribution >= 0.6 is 0 Å². The van der Waals surface area contributed by atoms with E-state index in [1.807, 2.05) is 44.2 Å². The summed E-state index contributed by atoms with van der Waals surface area (Å²) >= 11 is 0. The highest BCUT2D eigenvalue weighted by Crippen LogP contribution is 2.41. The first-order valence-electron chi connectivity index (χ1n) is 25.7. The number of fused-ring (bicyclic) bond motifs is 1. The number of hydrogen-bond acceptors (Lipinski definition) is 16. The minimum absolute atomic E-state index is 0.0107. The summed E-state index contributed by atoms with van der Waals surface area (Å²) in [5, 5.41) is 0.0107. The van der Waals surface area contributed by atoms with Gasteiger partial charge in [0.25, 0.3) is 0 Å². The SMILES string of the molecule is CCCOc1cc(-c2oc3cc(O[C@@H]4O[C@H](COC(=O)c5ccccc5)[C@@H](OC(=O)c5ccccc5)[C@H](OC(=O)c5ccccc5)[C@H]4OC(=O)c4ccccc4)cc(OCCC)c3c(=O)c2OC)ccc1OCc1ccccc1. The molecule has 404 valence electrons. The molecule has 1 aliphatic heterocycles. The number of methoxy groups -OCH3 is 1. The third-order valence-electron chi connectivity index (χ3n) is 12.5. The summed E-state index contributed by atoms with van der Waals surface area (Å²) in [4.78, 5) is 71.0. The monoisotopic (exact) mass is 1070 g/mol. The predicted octanol–water partition coefficient (Wildman–Crippen LogP) is 11.3. The fourth-order valence-corrected chi connectivity index (χ4v) is 8.60. The molecule has 1 aliphatic rings. The van der Waals surface area contributed by atoms with Crippen LogP contribution in [0.5, 0.6) is 28.7 Å². The molecule has 79 heavy (non-hydrogen) atoms. The van der Waals surface area contributed by atoms with Crippen LogP contribution in [-0.4, -0.2) is 81.5 Å². The molecule has 1 fully saturated rings. The van der Waals surface area contributed by atoms with Crippen molar-refractivity contribution in [3.8, 4) is 40.1 Å². The molecular formula is C63H56O16. The highest BCUT2D eigenvalue weighted by molar-refractivity contribution is 5.92. The summed E-state index contributed by atoms with van der Waals surface area (Å²) in [5.41, 5.74) is 1.30. The molecular weight excluding hydrogens is 1010 g/mol. The fraction of sp³-hybridized carbons (Fsp3) is 0.222. The average Bonchev–Trinajstić information content (AvgIpc) is 3.62. The minimum atomic E-state index is -1.75. The largest absolute Gasteiger partial charge is 0.493 e. The zero-order valence-corrected chi connectivity index (χ0v) is 43.5. The molecule has 0 spiro atoms. The standard InChI is InChI=1S/C63H56O16/c1-4-33-70-48-35-45(31-32-47(48)72-38-40-21-11-6-12-22-40)54-56(69-3)53(64)52-49(71-34-5-2)36-46(37-50(52)75-54)74-63-58(79-62(68)44-29-19-10-20-30-44)57(78-61(67)43-27-17-9-18-28-43)55(77-60(66)42-25-15-8-16-26-42)51(76-63)39-73-59(65)41-23-13-7-14-24-41/h6-32,35-37,51,55,57-58,63H,4-5,33-34,38-39H2,1-3H3/t51-,55-,57+,58-,63-/m1/s1. The van der Waals surface area contributed by atoms with Crippen molar-refractivity contribution in [1.82, 2.24) is 0 Å². The second-order valence-electron chi connectivity index (χ2n) is 18.1. The molecule has 0 N–H and O–H groups in total. The second kappa shape index (κ2) is 26.1. The second-order valence-corrected chi connectivity index (χ2v) is 18.1. The van der Waals surface area contributed by atoms with Crippen LogP contribution in [0.3, 0.4) is 0 Å². The van der Waals surface area contributed by atoms with Crippen molar-refractivity contribution in [3.05, 3.63) is 220 Å². The Hall–Kier alpha value is -9.41. The fourth-order valence-electron chi connectivity index (χ4n) is 8.60. The zero-order valence-electron chi connectivity index (χ0n) is 43.5. The van der Waals surface area contributed by atoms with Gasteiger partial charge in [0.2, 0.25) is 23.6 Å². The third-order valence-corrected chi connectivity index (χ3v) is 12.5. The van der Waals surface area contributed by atoms with E-state index in [4.69, 9.17) is 51.8 Å². The molecule has 1 saturated heterocycles. The smallest absolute Gasteiger partial charge is 0.338 e. The van der Waals surface area contributed by atoms with Crippen LogP contribution in [0.15, 0.2) is 191 Å². The Labute approximate surface area is 455 Å². The summed E-state index contributed by atoms with van der Waals surface area (Å²) in [6, 6.07) is 49.9. The van der Waals surface area contributed by atoms with Gasteiger partial charge in [0, 0.05) is 17.7 Å². The minimum Gasteiger partial charge on any atom is -0.493 e. The first kappa shape index (κ1) is 54.4. The van der Waals surface area contributed by atoms with Crippen LogP contribution in [0.25, 0.3) is 22.3 Å². The normalized spacial score (nSPS) is 16.7. The molecule has 0 radical (unpaired) electrons. The van der Waals surface area contributed by atoms with Gasteiger partial charge in [-0.3, -0.25) is 4.79 Å². The first-order valence-corrected chi connectivity index (χ1v) is 25.7. The molecule has 9 rings (SSSR count). The van der Waals surface area contributed by atoms with Crippen LogP contribution in [0.1, 0.15) is 73.7 Å². The summed E-state index contributed by atoms with van der Waals surface area (Å²) in [7, 11) is 1.35. The number of carbonyl (C=O) groups is 4. The number of benzene rings is 7. The summed E-state index contributed by atoms with van der Waals surface area (Å²) in [6.45, 7) is 4.06. The third kappa shape index (κ3) is 13.2. The van der Waals surface area contributed by atoms with Crippen molar-refractivity contribution in [2.45, 2.75) is 64.0 Å². The molecule has 5 atom stereocenters. The summed E-state index contributed by atoms with van der Waals surface area (Å²) in [5.74, 6) is -2.65. The van der Waals surface area contributed by atoms with Gasteiger partial charge < -0.3 is 51.8 Å². The lowest BCUT2D eigenvalue weighted by Gasteiger charge is -2.44. The van der Waals surface area contributed by atoms with E-state index >= 15 is 0 Å². The number of rotatable bonds is 22. The molecule has 0 saturated carbocycles. The van der Waals surface area contributed by atoms with Gasteiger partial charge in [0.15, 0.2) is 29.5 Å². The lowest BCUT2D eigenvalue weighted by molar-refractivity contribution is -0.275. The van der Waals surface area contributed by atoms with Crippen LogP contribution in [0.4, 0.5) is 0 Å². The van der Waals surface area contributed by atoms with Crippen LogP contribution in [0.2, 0.25) is 0 Å². The highest BCUT2D eigenvalue weighted by atomic mass is 16.7. The van der Waals surface area contributed by atoms with Gasteiger partial charge in [-0.15, -0.1) is 0 Å². The highest BCUT2D eigenvalue weighted by Gasteiger charge is 2.54. The molecule has 16 nitrogen and oxygen atoms in total. The lowest BCUT2D eigenvalue weighted by Crippen LogP contribution is -2.63. The van der Waals surface area contributed by atoms with Crippen molar-refractivity contribution in [3.63, 3.8) is 0 Å². The summed E-state index contributed by atoms with van der Waals surface area (Å²) < 4.78 is 69.0. The van der Waals surface area contributed by atoms with Gasteiger partial charge in [-0.2, -0.15) is 0 Å². The van der Waals surface area contributed by atoms with Gasteiger partial charge in [-0.1, -0.05) is 117 Å². The maximum atomic E-state index is 14.7. The quantitative estimate of drug-likeness (QED) is 0.0459. The Bertz CT molecular complexity index is 3410. The molecule has 0 aliphatic carbocycles. The molecule has 7 aromatic carbocycles. The average molecular weight is 1070 g/mol. The van der Waals surface area contributed by atoms with Crippen molar-refractivity contribution in [2.24, 2.45) is 0 Å². The van der Waals surface area contributed by atoms with E-state index in [1.54, 1.807) is 103 Å². The first-order chi connectivity index (χ1) is 38.6. The Kier molecular flexibility index (Phi) is 18.0. The number of ether oxygens (including phenoxy) is 10. The van der Waals surface area contributed by atoms with Crippen molar-refractivity contribution < 1.29 is 71.0 Å². The van der Waals surface area contributed by atoms with Gasteiger partial charge >= 0.3 is 23.9 Å². The number of carbonyl (C=O) groups excluding carboxylic acids is 4. The van der Waals surface area contributed by atoms with Crippen molar-refractivity contribution in [1.29, 1.82) is 0 Å². The van der Waals surface area contributed by atoms with E-state index in [1.165, 1.54) is 55.6 Å². The Balaban J connectivity index is 1.16. The van der Waals surface area contributed by atoms with E-state index in [2.05, 4.69) is 0 Å². The molecule has 0 amide bonds. The predicted molar refractivity (Wildman–Crippen MR) is 290 cm³/mol. The topological polar surface area (TPSA) is 191 Å². The van der Waals surface area contributed by atoms with E-state index in [0.29, 0.717) is 36.5 Å². The van der Waals surface area contributed by atoms with Gasteiger partial charge in [0.05, 0.1) is 42.6 Å². The molecule has 0 bridgehead atoms. The van der Waals surface area contributed by atoms with Crippen LogP contribution < -0.4 is 29.1 Å². The zero-order chi connectivity index (χ0) is 55.1. The molecule has 8 aromatic rings. The summed E-state index contributed by atoms with van der Waals surface area (Å²) in [6.07, 6.45) is -7.08. The van der Waals surface area contributed by atoms with E-state index in [0.717, 1.165) is 5.56 Å². The Morgan fingerprint density at radius 1 is 0.519 bits per heavy atom. The van der Waals surface area contributed by atoms with Gasteiger partial charge in [-0.05, 0) is 85.1 Å². The molecule has 1 aromatic heterocycles. The molecule has 16 heteroatoms. The van der Waals surface area contributed by atoms with Gasteiger partial charge in [0.1, 0.15) is 41.8 Å². The number of esters is 4. The maximum Gasteiger partial charge on any atom is 0.338 e. The van der Waals surface area contributed by atoms with Crippen LogP contribution in [-0.2, 0) is 30.3 Å². The molecule has 0 unspecified atom stereocenters. The Morgan fingerprint density at radius 2 is 1.03 bits per heavy atom. The van der Waals surface area contributed by atoms with E-state index in [9.17, 15) is 24.0 Å². The van der Waals surface area contributed by atoms with Crippen molar-refractivity contribution >= 4 is 34.8 Å². The Morgan fingerprint density at radius 3 is 1.57 bits per heavy atom. The van der Waals surface area contributed by atoms with Gasteiger partial charge in [-0.25, -0.2) is 19.2 Å².